The van der Waals surface area contributed by atoms with Crippen LogP contribution in [0.2, 0.25) is 0 Å². The van der Waals surface area contributed by atoms with Crippen molar-refractivity contribution in [3.05, 3.63) is 120 Å². The third-order valence-corrected chi connectivity index (χ3v) is 6.69. The molecule has 0 radical (unpaired) electrons. The van der Waals surface area contributed by atoms with Gasteiger partial charge >= 0.3 is 0 Å². The molecule has 6 aromatic carbocycles. The number of rotatable bonds is 3. The molecule has 0 aromatic heterocycles. The molecule has 0 unspecified atom stereocenters. The molecule has 158 valence electrons. The number of hydrogen-bond donors (Lipinski definition) is 0. The van der Waals surface area contributed by atoms with Gasteiger partial charge in [-0.25, -0.2) is 0 Å². The van der Waals surface area contributed by atoms with Crippen molar-refractivity contribution < 1.29 is 4.74 Å². The Kier molecular flexibility index (Phi) is 4.62. The number of fused-ring (bicyclic) bond motifs is 4. The van der Waals surface area contributed by atoms with E-state index in [1.165, 1.54) is 48.7 Å². The van der Waals surface area contributed by atoms with Crippen LogP contribution in [0.4, 0.5) is 0 Å². The van der Waals surface area contributed by atoms with E-state index in [4.69, 9.17) is 4.74 Å². The molecule has 6 aromatic rings. The van der Waals surface area contributed by atoms with Gasteiger partial charge in [0.1, 0.15) is 5.76 Å². The van der Waals surface area contributed by atoms with Crippen LogP contribution in [0.1, 0.15) is 18.1 Å². The van der Waals surface area contributed by atoms with Crippen molar-refractivity contribution in [2.45, 2.75) is 6.92 Å². The van der Waals surface area contributed by atoms with E-state index in [9.17, 15) is 0 Å². The summed E-state index contributed by atoms with van der Waals surface area (Å²) in [6.07, 6.45) is 0. The third kappa shape index (κ3) is 3.08. The van der Waals surface area contributed by atoms with Crippen LogP contribution in [-0.4, -0.2) is 7.11 Å². The Morgan fingerprint density at radius 3 is 1.18 bits per heavy atom. The molecule has 0 saturated carbocycles. The van der Waals surface area contributed by atoms with E-state index in [0.29, 0.717) is 0 Å². The van der Waals surface area contributed by atoms with Gasteiger partial charge < -0.3 is 4.74 Å². The average molecular weight is 425 g/mol. The van der Waals surface area contributed by atoms with Gasteiger partial charge in [-0.1, -0.05) is 97.1 Å². The molecule has 6 rings (SSSR count). The largest absolute Gasteiger partial charge is 0.496 e. The van der Waals surface area contributed by atoms with Crippen LogP contribution in [0.15, 0.2) is 109 Å². The molecule has 1 heteroatoms. The molecule has 0 aliphatic heterocycles. The highest BCUT2D eigenvalue weighted by Crippen LogP contribution is 2.41. The lowest BCUT2D eigenvalue weighted by Gasteiger charge is -2.19. The molecule has 0 aliphatic rings. The Hall–Kier alpha value is -4.10. The van der Waals surface area contributed by atoms with E-state index in [1.54, 1.807) is 7.11 Å². The monoisotopic (exact) mass is 424 g/mol. The normalized spacial score (nSPS) is 12.4. The number of hydrogen-bond acceptors (Lipinski definition) is 1. The Labute approximate surface area is 193 Å². The van der Waals surface area contributed by atoms with Crippen molar-refractivity contribution in [1.29, 1.82) is 0 Å². The molecule has 0 heterocycles. The lowest BCUT2D eigenvalue weighted by molar-refractivity contribution is 0.372. The van der Waals surface area contributed by atoms with Crippen molar-refractivity contribution in [3.8, 4) is 0 Å². The molecule has 0 aliphatic carbocycles. The Morgan fingerprint density at radius 1 is 0.485 bits per heavy atom. The first-order chi connectivity index (χ1) is 16.3. The van der Waals surface area contributed by atoms with Crippen LogP contribution in [0.3, 0.4) is 0 Å². The smallest absolute Gasteiger partial charge is 0.130 e. The van der Waals surface area contributed by atoms with Gasteiger partial charge in [0.2, 0.25) is 0 Å². The van der Waals surface area contributed by atoms with Crippen molar-refractivity contribution in [1.82, 2.24) is 0 Å². The van der Waals surface area contributed by atoms with Crippen molar-refractivity contribution in [3.63, 3.8) is 0 Å². The quantitative estimate of drug-likeness (QED) is 0.157. The summed E-state index contributed by atoms with van der Waals surface area (Å²) in [6.45, 7) is 2.20. The minimum absolute atomic E-state index is 0.921. The van der Waals surface area contributed by atoms with Crippen LogP contribution < -0.4 is 0 Å². The molecule has 0 fully saturated rings. The summed E-state index contributed by atoms with van der Waals surface area (Å²) in [5.74, 6) is 0.921. The molecule has 0 saturated heterocycles. The molecule has 1 nitrogen and oxygen atoms in total. The first-order valence-corrected chi connectivity index (χ1v) is 11.3. The van der Waals surface area contributed by atoms with E-state index in [1.807, 2.05) is 0 Å². The molecule has 0 spiro atoms. The second kappa shape index (κ2) is 7.79. The number of benzene rings is 6. The fraction of sp³-hybridized carbons (Fsp3) is 0.0625. The summed E-state index contributed by atoms with van der Waals surface area (Å²) in [5, 5.41) is 9.81. The lowest BCUT2D eigenvalue weighted by Crippen LogP contribution is -1.97. The zero-order valence-electron chi connectivity index (χ0n) is 18.8. The molecular formula is C32H24O. The van der Waals surface area contributed by atoms with Crippen LogP contribution >= 0.6 is 0 Å². The van der Waals surface area contributed by atoms with E-state index >= 15 is 0 Å². The molecule has 33 heavy (non-hydrogen) atoms. The van der Waals surface area contributed by atoms with Gasteiger partial charge in [-0.15, -0.1) is 0 Å². The van der Waals surface area contributed by atoms with Crippen LogP contribution in [-0.2, 0) is 4.74 Å². The van der Waals surface area contributed by atoms with Gasteiger partial charge in [-0.3, -0.25) is 0 Å². The summed E-state index contributed by atoms with van der Waals surface area (Å²) in [6, 6.07) is 39.0. The summed E-state index contributed by atoms with van der Waals surface area (Å²) in [5.41, 5.74) is 3.53. The second-order valence-corrected chi connectivity index (χ2v) is 8.55. The first-order valence-electron chi connectivity index (χ1n) is 11.3. The van der Waals surface area contributed by atoms with Crippen molar-refractivity contribution in [2.24, 2.45) is 0 Å². The molecule has 0 atom stereocenters. The first kappa shape index (κ1) is 19.6. The minimum atomic E-state index is 0.921. The summed E-state index contributed by atoms with van der Waals surface area (Å²) in [7, 11) is 1.79. The van der Waals surface area contributed by atoms with Gasteiger partial charge in [0.05, 0.1) is 7.11 Å². The van der Waals surface area contributed by atoms with Crippen molar-refractivity contribution in [2.75, 3.05) is 7.11 Å². The Morgan fingerprint density at radius 2 is 0.818 bits per heavy atom. The van der Waals surface area contributed by atoms with Gasteiger partial charge in [-0.2, -0.15) is 0 Å². The maximum atomic E-state index is 6.25. The fourth-order valence-electron chi connectivity index (χ4n) is 5.23. The maximum absolute atomic E-state index is 6.25. The maximum Gasteiger partial charge on any atom is 0.130 e. The lowest BCUT2D eigenvalue weighted by atomic mass is 9.88. The van der Waals surface area contributed by atoms with E-state index in [0.717, 1.165) is 16.9 Å². The standard InChI is InChI=1S/C32H24O/c1-21(30-26-15-7-3-11-22(26)19-23-12-4-8-16-27(23)30)32(33-2)31-28-17-9-5-13-24(28)20-25-14-6-10-18-29(25)31/h3-20H,1-2H3/b32-21-. The summed E-state index contributed by atoms with van der Waals surface area (Å²) >= 11 is 0. The van der Waals surface area contributed by atoms with Gasteiger partial charge in [0.15, 0.2) is 0 Å². The minimum Gasteiger partial charge on any atom is -0.496 e. The zero-order valence-corrected chi connectivity index (χ0v) is 18.8. The Bertz CT molecular complexity index is 1600. The molecule has 0 N–H and O–H groups in total. The second-order valence-electron chi connectivity index (χ2n) is 8.55. The van der Waals surface area contributed by atoms with Gasteiger partial charge in [0, 0.05) is 11.1 Å². The van der Waals surface area contributed by atoms with Crippen LogP contribution in [0.5, 0.6) is 0 Å². The van der Waals surface area contributed by atoms with Crippen LogP contribution in [0, 0.1) is 0 Å². The van der Waals surface area contributed by atoms with Gasteiger partial charge in [0.25, 0.3) is 0 Å². The predicted octanol–water partition coefficient (Wildman–Crippen LogP) is 8.83. The van der Waals surface area contributed by atoms with E-state index < -0.39 is 0 Å². The third-order valence-electron chi connectivity index (χ3n) is 6.69. The van der Waals surface area contributed by atoms with Gasteiger partial charge in [-0.05, 0) is 67.7 Å². The SMILES string of the molecule is CO/C(=C(/C)c1c2ccccc2cc2ccccc12)c1c2ccccc2cc2ccccc12. The molecular weight excluding hydrogens is 400 g/mol. The highest BCUT2D eigenvalue weighted by Gasteiger charge is 2.18. The number of ether oxygens (including phenoxy) is 1. The topological polar surface area (TPSA) is 9.23 Å². The molecule has 0 amide bonds. The van der Waals surface area contributed by atoms with E-state index in [2.05, 4.69) is 116 Å². The average Bonchev–Trinajstić information content (AvgIpc) is 2.87. The summed E-state index contributed by atoms with van der Waals surface area (Å²) in [4.78, 5) is 0. The highest BCUT2D eigenvalue weighted by atomic mass is 16.5. The number of methoxy groups -OCH3 is 1. The predicted molar refractivity (Wildman–Crippen MR) is 142 cm³/mol. The van der Waals surface area contributed by atoms with Crippen molar-refractivity contribution >= 4 is 54.4 Å². The van der Waals surface area contributed by atoms with Crippen LogP contribution in [0.25, 0.3) is 54.4 Å². The number of allylic oxidation sites excluding steroid dienone is 1. The Balaban J connectivity index is 1.80. The molecule has 0 bridgehead atoms. The zero-order chi connectivity index (χ0) is 22.4. The van der Waals surface area contributed by atoms with E-state index in [-0.39, 0.29) is 0 Å². The fourth-order valence-corrected chi connectivity index (χ4v) is 5.23. The summed E-state index contributed by atoms with van der Waals surface area (Å²) < 4.78 is 6.25. The highest BCUT2D eigenvalue weighted by molar-refractivity contribution is 6.16.